The maximum absolute atomic E-state index is 11.5. The van der Waals surface area contributed by atoms with Crippen molar-refractivity contribution in [3.05, 3.63) is 28.2 Å². The minimum absolute atomic E-state index is 0.0591. The summed E-state index contributed by atoms with van der Waals surface area (Å²) >= 11 is 3.42. The highest BCUT2D eigenvalue weighted by atomic mass is 79.9. The van der Waals surface area contributed by atoms with Crippen LogP contribution < -0.4 is 0 Å². The quantitative estimate of drug-likeness (QED) is 0.920. The lowest BCUT2D eigenvalue weighted by molar-refractivity contribution is -0.129. The summed E-state index contributed by atoms with van der Waals surface area (Å²) in [6, 6.07) is 5.12. The molecule has 1 N–H and O–H groups in total. The van der Waals surface area contributed by atoms with Gasteiger partial charge in [-0.3, -0.25) is 9.69 Å². The predicted octanol–water partition coefficient (Wildman–Crippen LogP) is 1.67. The molecule has 0 heterocycles. The highest BCUT2D eigenvalue weighted by molar-refractivity contribution is 9.10. The molecule has 0 bridgehead atoms. The summed E-state index contributed by atoms with van der Waals surface area (Å²) in [7, 11) is 5.35. The van der Waals surface area contributed by atoms with Crippen LogP contribution in [0.25, 0.3) is 0 Å². The number of benzene rings is 1. The maximum Gasteiger partial charge on any atom is 0.236 e. The standard InChI is InChI=1S/C12H17BrN2O2/c1-14(2)12(17)8-15(3)7-9-6-10(16)4-5-11(9)13/h4-6,16H,7-8H2,1-3H3. The first kappa shape index (κ1) is 14.0. The van der Waals surface area contributed by atoms with Gasteiger partial charge in [0.15, 0.2) is 0 Å². The van der Waals surface area contributed by atoms with Gasteiger partial charge in [-0.1, -0.05) is 15.9 Å². The lowest BCUT2D eigenvalue weighted by atomic mass is 10.2. The second-order valence-electron chi connectivity index (χ2n) is 4.24. The van der Waals surface area contributed by atoms with E-state index in [-0.39, 0.29) is 11.7 Å². The zero-order valence-corrected chi connectivity index (χ0v) is 11.9. The van der Waals surface area contributed by atoms with Gasteiger partial charge in [0, 0.05) is 25.1 Å². The lowest BCUT2D eigenvalue weighted by Gasteiger charge is -2.19. The van der Waals surface area contributed by atoms with E-state index in [1.807, 2.05) is 11.9 Å². The van der Waals surface area contributed by atoms with Gasteiger partial charge in [0.05, 0.1) is 6.54 Å². The van der Waals surface area contributed by atoms with Gasteiger partial charge in [0.25, 0.3) is 0 Å². The first-order valence-corrected chi connectivity index (χ1v) is 6.05. The number of phenols is 1. The monoisotopic (exact) mass is 300 g/mol. The summed E-state index contributed by atoms with van der Waals surface area (Å²) in [5, 5.41) is 9.41. The highest BCUT2D eigenvalue weighted by Crippen LogP contribution is 2.22. The Bertz CT molecular complexity index is 407. The van der Waals surface area contributed by atoms with Gasteiger partial charge in [-0.2, -0.15) is 0 Å². The zero-order valence-electron chi connectivity index (χ0n) is 10.3. The predicted molar refractivity (Wildman–Crippen MR) is 70.8 cm³/mol. The van der Waals surface area contributed by atoms with Crippen LogP contribution in [0.15, 0.2) is 22.7 Å². The third-order valence-electron chi connectivity index (χ3n) is 2.37. The van der Waals surface area contributed by atoms with E-state index in [0.717, 1.165) is 10.0 Å². The van der Waals surface area contributed by atoms with Crippen LogP contribution >= 0.6 is 15.9 Å². The number of carbonyl (C=O) groups excluding carboxylic acids is 1. The SMILES string of the molecule is CN(CC(=O)N(C)C)Cc1cc(O)ccc1Br. The number of phenolic OH excluding ortho intramolecular Hbond substituents is 1. The number of amides is 1. The molecule has 0 saturated carbocycles. The number of halogens is 1. The number of rotatable bonds is 4. The first-order valence-electron chi connectivity index (χ1n) is 5.26. The van der Waals surface area contributed by atoms with Gasteiger partial charge in [0.1, 0.15) is 5.75 Å². The number of aromatic hydroxyl groups is 1. The third-order valence-corrected chi connectivity index (χ3v) is 3.15. The van der Waals surface area contributed by atoms with Gasteiger partial charge in [-0.05, 0) is 30.8 Å². The van der Waals surface area contributed by atoms with Gasteiger partial charge in [0.2, 0.25) is 5.91 Å². The summed E-state index contributed by atoms with van der Waals surface area (Å²) in [6.45, 7) is 0.962. The highest BCUT2D eigenvalue weighted by Gasteiger charge is 2.10. The molecule has 4 nitrogen and oxygen atoms in total. The van der Waals surface area contributed by atoms with E-state index < -0.39 is 0 Å². The second-order valence-corrected chi connectivity index (χ2v) is 5.09. The molecule has 5 heteroatoms. The second kappa shape index (κ2) is 6.02. The van der Waals surface area contributed by atoms with Crippen molar-refractivity contribution >= 4 is 21.8 Å². The minimum Gasteiger partial charge on any atom is -0.508 e. The van der Waals surface area contributed by atoms with E-state index in [4.69, 9.17) is 0 Å². The van der Waals surface area contributed by atoms with Crippen LogP contribution in [0.4, 0.5) is 0 Å². The molecule has 0 saturated heterocycles. The van der Waals surface area contributed by atoms with E-state index in [1.54, 1.807) is 37.2 Å². The molecule has 0 unspecified atom stereocenters. The van der Waals surface area contributed by atoms with Gasteiger partial charge in [-0.25, -0.2) is 0 Å². The normalized spacial score (nSPS) is 10.6. The minimum atomic E-state index is 0.0591. The van der Waals surface area contributed by atoms with Crippen molar-refractivity contribution in [1.82, 2.24) is 9.80 Å². The van der Waals surface area contributed by atoms with Crippen LogP contribution in [0.2, 0.25) is 0 Å². The van der Waals surface area contributed by atoms with Crippen LogP contribution in [0, 0.1) is 0 Å². The maximum atomic E-state index is 11.5. The summed E-state index contributed by atoms with van der Waals surface area (Å²) in [4.78, 5) is 15.0. The van der Waals surface area contributed by atoms with Crippen LogP contribution in [0.5, 0.6) is 5.75 Å². The molecular weight excluding hydrogens is 284 g/mol. The third kappa shape index (κ3) is 4.36. The summed E-state index contributed by atoms with van der Waals surface area (Å²) in [5.41, 5.74) is 0.957. The molecule has 94 valence electrons. The smallest absolute Gasteiger partial charge is 0.236 e. The molecule has 0 aliphatic rings. The molecule has 1 aromatic rings. The number of hydrogen-bond donors (Lipinski definition) is 1. The fraction of sp³-hybridized carbons (Fsp3) is 0.417. The molecule has 0 aromatic heterocycles. The van der Waals surface area contributed by atoms with Crippen LogP contribution in [0.1, 0.15) is 5.56 Å². The van der Waals surface area contributed by atoms with Crippen molar-refractivity contribution in [2.75, 3.05) is 27.7 Å². The lowest BCUT2D eigenvalue weighted by Crippen LogP contribution is -2.34. The Balaban J connectivity index is 2.64. The number of likely N-dealkylation sites (N-methyl/N-ethyl adjacent to an activating group) is 2. The van der Waals surface area contributed by atoms with Crippen molar-refractivity contribution in [2.45, 2.75) is 6.54 Å². The molecule has 0 aliphatic heterocycles. The molecule has 0 radical (unpaired) electrons. The van der Waals surface area contributed by atoms with E-state index in [9.17, 15) is 9.90 Å². The largest absolute Gasteiger partial charge is 0.508 e. The van der Waals surface area contributed by atoms with E-state index in [2.05, 4.69) is 15.9 Å². The average Bonchev–Trinajstić information content (AvgIpc) is 2.23. The van der Waals surface area contributed by atoms with Crippen molar-refractivity contribution in [3.8, 4) is 5.75 Å². The van der Waals surface area contributed by atoms with Crippen molar-refractivity contribution in [3.63, 3.8) is 0 Å². The van der Waals surface area contributed by atoms with Crippen molar-refractivity contribution in [2.24, 2.45) is 0 Å². The van der Waals surface area contributed by atoms with E-state index in [1.165, 1.54) is 0 Å². The molecule has 0 spiro atoms. The van der Waals surface area contributed by atoms with Gasteiger partial charge < -0.3 is 10.0 Å². The number of carbonyl (C=O) groups is 1. The van der Waals surface area contributed by atoms with Crippen molar-refractivity contribution < 1.29 is 9.90 Å². The molecule has 1 rings (SSSR count). The Kier molecular flexibility index (Phi) is 4.96. The van der Waals surface area contributed by atoms with Gasteiger partial charge in [-0.15, -0.1) is 0 Å². The molecule has 0 fully saturated rings. The van der Waals surface area contributed by atoms with Crippen LogP contribution in [0.3, 0.4) is 0 Å². The molecule has 1 aromatic carbocycles. The Morgan fingerprint density at radius 2 is 2.00 bits per heavy atom. The van der Waals surface area contributed by atoms with E-state index in [0.29, 0.717) is 13.1 Å². The van der Waals surface area contributed by atoms with Crippen molar-refractivity contribution in [1.29, 1.82) is 0 Å². The Hall–Kier alpha value is -1.07. The number of hydrogen-bond acceptors (Lipinski definition) is 3. The van der Waals surface area contributed by atoms with Gasteiger partial charge >= 0.3 is 0 Å². The average molecular weight is 301 g/mol. The summed E-state index contributed by atoms with van der Waals surface area (Å²) in [5.74, 6) is 0.291. The van der Waals surface area contributed by atoms with Crippen LogP contribution in [-0.2, 0) is 11.3 Å². The zero-order chi connectivity index (χ0) is 13.0. The first-order chi connectivity index (χ1) is 7.90. The topological polar surface area (TPSA) is 43.8 Å². The Morgan fingerprint density at radius 3 is 2.59 bits per heavy atom. The Morgan fingerprint density at radius 1 is 1.35 bits per heavy atom. The Labute approximate surface area is 110 Å². The summed E-state index contributed by atoms with van der Waals surface area (Å²) < 4.78 is 0.930. The fourth-order valence-electron chi connectivity index (χ4n) is 1.40. The molecule has 1 amide bonds. The van der Waals surface area contributed by atoms with E-state index >= 15 is 0 Å². The number of nitrogens with zero attached hydrogens (tertiary/aromatic N) is 2. The molecule has 17 heavy (non-hydrogen) atoms. The fourth-order valence-corrected chi connectivity index (χ4v) is 1.77. The summed E-state index contributed by atoms with van der Waals surface area (Å²) in [6.07, 6.45) is 0. The molecule has 0 atom stereocenters. The van der Waals surface area contributed by atoms with Crippen LogP contribution in [-0.4, -0.2) is 48.5 Å². The molecular formula is C12H17BrN2O2. The molecule has 0 aliphatic carbocycles.